The second kappa shape index (κ2) is 4.93. The van der Waals surface area contributed by atoms with Crippen molar-refractivity contribution in [3.63, 3.8) is 0 Å². The van der Waals surface area contributed by atoms with E-state index in [0.717, 1.165) is 25.5 Å². The SMILES string of the molecule is c1ccc(CN2OC[C@@H]3COc4ccccc4[C@@H]32)cc1. The number of fused-ring (bicyclic) bond motifs is 3. The molecule has 2 aliphatic rings. The number of rotatable bonds is 2. The predicted octanol–water partition coefficient (Wildman–Crippen LogP) is 3.18. The topological polar surface area (TPSA) is 21.7 Å². The molecule has 0 bridgehead atoms. The molecule has 0 saturated carbocycles. The number of benzene rings is 2. The van der Waals surface area contributed by atoms with Gasteiger partial charge in [0.2, 0.25) is 0 Å². The third kappa shape index (κ3) is 1.99. The lowest BCUT2D eigenvalue weighted by molar-refractivity contribution is -0.141. The Morgan fingerprint density at radius 3 is 2.65 bits per heavy atom. The van der Waals surface area contributed by atoms with Crippen LogP contribution < -0.4 is 4.74 Å². The number of nitrogens with zero attached hydrogens (tertiary/aromatic N) is 1. The van der Waals surface area contributed by atoms with E-state index in [-0.39, 0.29) is 0 Å². The Hall–Kier alpha value is -1.84. The van der Waals surface area contributed by atoms with Crippen LogP contribution >= 0.6 is 0 Å². The number of hydroxylamine groups is 2. The minimum Gasteiger partial charge on any atom is -0.493 e. The molecule has 0 amide bonds. The van der Waals surface area contributed by atoms with Crippen molar-refractivity contribution < 1.29 is 9.57 Å². The molecular weight excluding hydrogens is 250 g/mol. The van der Waals surface area contributed by atoms with Crippen LogP contribution in [0.3, 0.4) is 0 Å². The van der Waals surface area contributed by atoms with Gasteiger partial charge in [0.15, 0.2) is 0 Å². The summed E-state index contributed by atoms with van der Waals surface area (Å²) in [5.41, 5.74) is 2.52. The van der Waals surface area contributed by atoms with Crippen LogP contribution in [0.5, 0.6) is 5.75 Å². The molecule has 0 aliphatic carbocycles. The van der Waals surface area contributed by atoms with Crippen molar-refractivity contribution in [3.05, 3.63) is 65.7 Å². The van der Waals surface area contributed by atoms with Gasteiger partial charge in [0.1, 0.15) is 5.75 Å². The zero-order valence-corrected chi connectivity index (χ0v) is 11.2. The quantitative estimate of drug-likeness (QED) is 0.834. The van der Waals surface area contributed by atoms with Crippen molar-refractivity contribution >= 4 is 0 Å². The van der Waals surface area contributed by atoms with Crippen molar-refractivity contribution in [2.75, 3.05) is 13.2 Å². The Labute approximate surface area is 118 Å². The number of ether oxygens (including phenoxy) is 1. The fraction of sp³-hybridized carbons (Fsp3) is 0.294. The van der Waals surface area contributed by atoms with E-state index in [9.17, 15) is 0 Å². The summed E-state index contributed by atoms with van der Waals surface area (Å²) in [4.78, 5) is 5.91. The maximum absolute atomic E-state index is 5.91. The van der Waals surface area contributed by atoms with Crippen LogP contribution in [0.4, 0.5) is 0 Å². The van der Waals surface area contributed by atoms with Gasteiger partial charge in [0, 0.05) is 18.0 Å². The first kappa shape index (κ1) is 11.9. The minimum absolute atomic E-state index is 0.306. The van der Waals surface area contributed by atoms with Gasteiger partial charge in [-0.25, -0.2) is 0 Å². The smallest absolute Gasteiger partial charge is 0.124 e. The average Bonchev–Trinajstić information content (AvgIpc) is 2.92. The maximum atomic E-state index is 5.91. The van der Waals surface area contributed by atoms with E-state index in [0.29, 0.717) is 12.0 Å². The predicted molar refractivity (Wildman–Crippen MR) is 76.1 cm³/mol. The van der Waals surface area contributed by atoms with Gasteiger partial charge in [-0.3, -0.25) is 4.84 Å². The van der Waals surface area contributed by atoms with Crippen molar-refractivity contribution in [2.24, 2.45) is 5.92 Å². The van der Waals surface area contributed by atoms with Gasteiger partial charge in [-0.2, -0.15) is 5.06 Å². The second-order valence-corrected chi connectivity index (χ2v) is 5.41. The van der Waals surface area contributed by atoms with E-state index in [1.54, 1.807) is 0 Å². The second-order valence-electron chi connectivity index (χ2n) is 5.41. The summed E-state index contributed by atoms with van der Waals surface area (Å²) in [6, 6.07) is 19.1. The molecule has 0 aromatic heterocycles. The zero-order valence-electron chi connectivity index (χ0n) is 11.2. The molecule has 0 radical (unpaired) electrons. The molecule has 3 heteroatoms. The number of hydrogen-bond donors (Lipinski definition) is 0. The van der Waals surface area contributed by atoms with E-state index in [1.807, 2.05) is 18.2 Å². The average molecular weight is 267 g/mol. The van der Waals surface area contributed by atoms with E-state index in [2.05, 4.69) is 41.5 Å². The van der Waals surface area contributed by atoms with Gasteiger partial charge in [0.25, 0.3) is 0 Å². The molecule has 0 N–H and O–H groups in total. The van der Waals surface area contributed by atoms with Gasteiger partial charge >= 0.3 is 0 Å². The molecule has 3 nitrogen and oxygen atoms in total. The highest BCUT2D eigenvalue weighted by Gasteiger charge is 2.41. The van der Waals surface area contributed by atoms with E-state index in [1.165, 1.54) is 11.1 Å². The van der Waals surface area contributed by atoms with Crippen LogP contribution in [0, 0.1) is 5.92 Å². The lowest BCUT2D eigenvalue weighted by atomic mass is 9.92. The molecule has 102 valence electrons. The Balaban J connectivity index is 1.64. The summed E-state index contributed by atoms with van der Waals surface area (Å²) in [7, 11) is 0. The van der Waals surface area contributed by atoms with E-state index >= 15 is 0 Å². The van der Waals surface area contributed by atoms with Gasteiger partial charge in [-0.15, -0.1) is 0 Å². The molecule has 1 saturated heterocycles. The molecule has 0 unspecified atom stereocenters. The highest BCUT2D eigenvalue weighted by molar-refractivity contribution is 5.38. The third-order valence-corrected chi connectivity index (χ3v) is 4.08. The lowest BCUT2D eigenvalue weighted by Crippen LogP contribution is -2.30. The molecule has 2 aromatic rings. The van der Waals surface area contributed by atoms with Gasteiger partial charge in [-0.05, 0) is 11.6 Å². The molecule has 2 atom stereocenters. The first-order valence-corrected chi connectivity index (χ1v) is 7.07. The minimum atomic E-state index is 0.306. The Kier molecular flexibility index (Phi) is 2.94. The van der Waals surface area contributed by atoms with Crippen LogP contribution in [-0.2, 0) is 11.4 Å². The molecule has 20 heavy (non-hydrogen) atoms. The Bertz CT molecular complexity index is 599. The summed E-state index contributed by atoms with van der Waals surface area (Å²) in [6.45, 7) is 2.30. The highest BCUT2D eigenvalue weighted by atomic mass is 16.7. The van der Waals surface area contributed by atoms with E-state index < -0.39 is 0 Å². The summed E-state index contributed by atoms with van der Waals surface area (Å²) >= 11 is 0. The van der Waals surface area contributed by atoms with Crippen LogP contribution in [0.15, 0.2) is 54.6 Å². The summed E-state index contributed by atoms with van der Waals surface area (Å²) in [5.74, 6) is 1.42. The fourth-order valence-electron chi connectivity index (χ4n) is 3.11. The van der Waals surface area contributed by atoms with Crippen LogP contribution in [0.1, 0.15) is 17.2 Å². The maximum Gasteiger partial charge on any atom is 0.124 e. The van der Waals surface area contributed by atoms with E-state index in [4.69, 9.17) is 9.57 Å². The molecule has 2 aliphatic heterocycles. The summed E-state index contributed by atoms with van der Waals surface area (Å²) in [6.07, 6.45) is 0. The highest BCUT2D eigenvalue weighted by Crippen LogP contribution is 2.43. The van der Waals surface area contributed by atoms with Crippen molar-refractivity contribution in [1.29, 1.82) is 0 Å². The molecule has 0 spiro atoms. The van der Waals surface area contributed by atoms with Crippen LogP contribution in [-0.4, -0.2) is 18.3 Å². The standard InChI is InChI=1S/C17H17NO2/c1-2-6-13(7-3-1)10-18-17-14(12-20-18)11-19-16-9-5-4-8-15(16)17/h1-9,14,17H,10-12H2/t14-,17+/m0/s1. The van der Waals surface area contributed by atoms with Gasteiger partial charge < -0.3 is 4.74 Å². The molecular formula is C17H17NO2. The first-order chi connectivity index (χ1) is 9.92. The molecule has 1 fully saturated rings. The fourth-order valence-corrected chi connectivity index (χ4v) is 3.11. The number of para-hydroxylation sites is 1. The molecule has 2 heterocycles. The zero-order chi connectivity index (χ0) is 13.4. The van der Waals surface area contributed by atoms with Crippen molar-refractivity contribution in [3.8, 4) is 5.75 Å². The third-order valence-electron chi connectivity index (χ3n) is 4.08. The largest absolute Gasteiger partial charge is 0.493 e. The first-order valence-electron chi connectivity index (χ1n) is 7.07. The monoisotopic (exact) mass is 267 g/mol. The molecule has 4 rings (SSSR count). The Morgan fingerprint density at radius 1 is 0.950 bits per heavy atom. The van der Waals surface area contributed by atoms with Crippen LogP contribution in [0.2, 0.25) is 0 Å². The number of hydrogen-bond acceptors (Lipinski definition) is 3. The van der Waals surface area contributed by atoms with Crippen molar-refractivity contribution in [1.82, 2.24) is 5.06 Å². The lowest BCUT2D eigenvalue weighted by Gasteiger charge is -2.31. The van der Waals surface area contributed by atoms with Crippen LogP contribution in [0.25, 0.3) is 0 Å². The summed E-state index contributed by atoms with van der Waals surface area (Å²) in [5, 5.41) is 2.11. The molecule has 2 aromatic carbocycles. The normalized spacial score (nSPS) is 24.8. The summed E-state index contributed by atoms with van der Waals surface area (Å²) < 4.78 is 5.83. The van der Waals surface area contributed by atoms with Crippen molar-refractivity contribution in [2.45, 2.75) is 12.6 Å². The van der Waals surface area contributed by atoms with Gasteiger partial charge in [0.05, 0.1) is 19.3 Å². The Morgan fingerprint density at radius 2 is 1.75 bits per heavy atom. The van der Waals surface area contributed by atoms with Gasteiger partial charge in [-0.1, -0.05) is 48.5 Å².